The average molecular weight is 468 g/mol. The quantitative estimate of drug-likeness (QED) is 0.0717. The molecule has 188 valence electrons. The molecule has 1 rings (SSSR count). The van der Waals surface area contributed by atoms with Gasteiger partial charge >= 0.3 is 0 Å². The van der Waals surface area contributed by atoms with E-state index in [1.54, 1.807) is 23.1 Å². The van der Waals surface area contributed by atoms with Gasteiger partial charge in [-0.15, -0.1) is 0 Å². The van der Waals surface area contributed by atoms with Crippen LogP contribution < -0.4 is 0 Å². The van der Waals surface area contributed by atoms with Gasteiger partial charge in [-0.05, 0) is 70.6 Å². The lowest BCUT2D eigenvalue weighted by molar-refractivity contribution is -0.125. The Kier molecular flexibility index (Phi) is 16.2. The number of unbranched alkanes of at least 4 members (excludes halogenated alkanes) is 6. The summed E-state index contributed by atoms with van der Waals surface area (Å²) >= 11 is 0. The molecule has 0 saturated heterocycles. The van der Waals surface area contributed by atoms with Gasteiger partial charge in [-0.25, -0.2) is 0 Å². The summed E-state index contributed by atoms with van der Waals surface area (Å²) in [6, 6.07) is 3.50. The molecule has 1 aromatic rings. The van der Waals surface area contributed by atoms with Crippen LogP contribution in [0.15, 0.2) is 59.1 Å². The molecular formula is C30H45NO3. The van der Waals surface area contributed by atoms with Gasteiger partial charge < -0.3 is 9.32 Å². The molecule has 1 heterocycles. The molecule has 0 spiro atoms. The number of likely N-dealkylation sites (N-methyl/N-ethyl adjacent to an activating group) is 1. The Labute approximate surface area is 207 Å². The highest BCUT2D eigenvalue weighted by molar-refractivity contribution is 5.96. The fraction of sp³-hybridized carbons (Fsp3) is 0.533. The van der Waals surface area contributed by atoms with Crippen LogP contribution in [-0.4, -0.2) is 29.7 Å². The summed E-state index contributed by atoms with van der Waals surface area (Å²) in [5.74, 6) is 0.974. The van der Waals surface area contributed by atoms with Gasteiger partial charge in [-0.3, -0.25) is 9.59 Å². The van der Waals surface area contributed by atoms with E-state index in [0.717, 1.165) is 44.1 Å². The Morgan fingerprint density at radius 3 is 2.24 bits per heavy atom. The van der Waals surface area contributed by atoms with Crippen molar-refractivity contribution in [3.05, 3.63) is 66.2 Å². The second-order valence-corrected chi connectivity index (χ2v) is 8.58. The van der Waals surface area contributed by atoms with Gasteiger partial charge in [0.25, 0.3) is 0 Å². The molecule has 0 bridgehead atoms. The lowest BCUT2D eigenvalue weighted by atomic mass is 10.1. The minimum absolute atomic E-state index is 0.0330. The standard InChI is InChI=1S/C30H45NO3/c1-5-8-9-10-11-12-13-14-15-16-17-18-19-20-21-22-27(32)29-24-23-28(34-29)26(4)25-30(33)31(6-2)7-3/h9-12,14-15,23-25H,5-8,13,16-22H2,1-4H3. The van der Waals surface area contributed by atoms with Crippen molar-refractivity contribution in [3.8, 4) is 0 Å². The molecule has 0 aliphatic rings. The first-order valence-electron chi connectivity index (χ1n) is 13.1. The van der Waals surface area contributed by atoms with Crippen LogP contribution in [0.3, 0.4) is 0 Å². The molecular weight excluding hydrogens is 422 g/mol. The lowest BCUT2D eigenvalue weighted by Gasteiger charge is -2.16. The maximum Gasteiger partial charge on any atom is 0.246 e. The Balaban J connectivity index is 2.21. The van der Waals surface area contributed by atoms with Gasteiger partial charge in [0.2, 0.25) is 5.91 Å². The van der Waals surface area contributed by atoms with E-state index in [0.29, 0.717) is 31.0 Å². The molecule has 0 aromatic carbocycles. The SMILES string of the molecule is CCCC=CC=CCC=CCCCCCCCC(=O)c1ccc(C(C)=CC(=O)N(CC)CC)o1. The highest BCUT2D eigenvalue weighted by atomic mass is 16.3. The second-order valence-electron chi connectivity index (χ2n) is 8.58. The van der Waals surface area contributed by atoms with Crippen LogP contribution in [0.1, 0.15) is 108 Å². The van der Waals surface area contributed by atoms with Crippen LogP contribution in [0.4, 0.5) is 0 Å². The molecule has 1 amide bonds. The van der Waals surface area contributed by atoms with E-state index >= 15 is 0 Å². The number of Topliss-reactive ketones (excluding diaryl/α,β-unsaturated/α-hetero) is 1. The molecule has 0 unspecified atom stereocenters. The van der Waals surface area contributed by atoms with Gasteiger partial charge in [0.15, 0.2) is 11.5 Å². The number of hydrogen-bond acceptors (Lipinski definition) is 3. The number of nitrogens with zero attached hydrogens (tertiary/aromatic N) is 1. The van der Waals surface area contributed by atoms with Crippen molar-refractivity contribution < 1.29 is 14.0 Å². The third-order valence-corrected chi connectivity index (χ3v) is 5.74. The number of hydrogen-bond donors (Lipinski definition) is 0. The van der Waals surface area contributed by atoms with Crippen LogP contribution in [0.2, 0.25) is 0 Å². The van der Waals surface area contributed by atoms with Crippen molar-refractivity contribution in [3.63, 3.8) is 0 Å². The Bertz CT molecular complexity index is 822. The first-order valence-corrected chi connectivity index (χ1v) is 13.1. The number of carbonyl (C=O) groups is 2. The Hall–Kier alpha value is -2.62. The molecule has 0 atom stereocenters. The number of carbonyl (C=O) groups excluding carboxylic acids is 2. The van der Waals surface area contributed by atoms with E-state index in [-0.39, 0.29) is 11.7 Å². The molecule has 0 saturated carbocycles. The highest BCUT2D eigenvalue weighted by Gasteiger charge is 2.13. The summed E-state index contributed by atoms with van der Waals surface area (Å²) in [7, 11) is 0. The zero-order valence-corrected chi connectivity index (χ0v) is 21.9. The largest absolute Gasteiger partial charge is 0.453 e. The molecule has 1 aromatic heterocycles. The van der Waals surface area contributed by atoms with Crippen LogP contribution >= 0.6 is 0 Å². The molecule has 0 N–H and O–H groups in total. The fourth-order valence-electron chi connectivity index (χ4n) is 3.58. The van der Waals surface area contributed by atoms with E-state index in [4.69, 9.17) is 4.42 Å². The van der Waals surface area contributed by atoms with Crippen LogP contribution in [-0.2, 0) is 4.79 Å². The van der Waals surface area contributed by atoms with Gasteiger partial charge in [0, 0.05) is 25.6 Å². The number of rotatable bonds is 18. The molecule has 34 heavy (non-hydrogen) atoms. The van der Waals surface area contributed by atoms with E-state index in [2.05, 4.69) is 43.4 Å². The molecule has 4 heteroatoms. The van der Waals surface area contributed by atoms with Crippen molar-refractivity contribution in [2.45, 2.75) is 91.9 Å². The molecule has 0 radical (unpaired) electrons. The van der Waals surface area contributed by atoms with E-state index < -0.39 is 0 Å². The summed E-state index contributed by atoms with van der Waals surface area (Å²) in [5, 5.41) is 0. The first kappa shape index (κ1) is 29.4. The van der Waals surface area contributed by atoms with Gasteiger partial charge in [-0.2, -0.15) is 0 Å². The Morgan fingerprint density at radius 2 is 1.50 bits per heavy atom. The van der Waals surface area contributed by atoms with Crippen molar-refractivity contribution in [2.24, 2.45) is 0 Å². The predicted molar refractivity (Wildman–Crippen MR) is 144 cm³/mol. The van der Waals surface area contributed by atoms with Crippen LogP contribution in [0, 0.1) is 0 Å². The maximum atomic E-state index is 12.4. The topological polar surface area (TPSA) is 50.5 Å². The number of furan rings is 1. The minimum Gasteiger partial charge on any atom is -0.453 e. The fourth-order valence-corrected chi connectivity index (χ4v) is 3.58. The molecule has 0 fully saturated rings. The zero-order chi connectivity index (χ0) is 25.0. The summed E-state index contributed by atoms with van der Waals surface area (Å²) < 4.78 is 5.73. The van der Waals surface area contributed by atoms with Crippen LogP contribution in [0.25, 0.3) is 5.57 Å². The van der Waals surface area contributed by atoms with Crippen molar-refractivity contribution in [1.82, 2.24) is 4.90 Å². The third-order valence-electron chi connectivity index (χ3n) is 5.74. The molecule has 4 nitrogen and oxygen atoms in total. The summed E-state index contributed by atoms with van der Waals surface area (Å²) in [4.78, 5) is 26.4. The van der Waals surface area contributed by atoms with Gasteiger partial charge in [-0.1, -0.05) is 69.1 Å². The highest BCUT2D eigenvalue weighted by Crippen LogP contribution is 2.20. The zero-order valence-electron chi connectivity index (χ0n) is 21.9. The number of amides is 1. The van der Waals surface area contributed by atoms with Crippen molar-refractivity contribution in [1.29, 1.82) is 0 Å². The summed E-state index contributed by atoms with van der Waals surface area (Å²) in [5.41, 5.74) is 0.741. The second kappa shape index (κ2) is 18.8. The van der Waals surface area contributed by atoms with Gasteiger partial charge in [0.1, 0.15) is 5.76 Å². The normalized spacial score (nSPS) is 12.4. The van der Waals surface area contributed by atoms with E-state index in [9.17, 15) is 9.59 Å². The van der Waals surface area contributed by atoms with E-state index in [1.165, 1.54) is 19.3 Å². The monoisotopic (exact) mass is 467 g/mol. The number of allylic oxidation sites excluding steroid dienone is 7. The van der Waals surface area contributed by atoms with Crippen molar-refractivity contribution in [2.75, 3.05) is 13.1 Å². The van der Waals surface area contributed by atoms with Crippen LogP contribution in [0.5, 0.6) is 0 Å². The summed E-state index contributed by atoms with van der Waals surface area (Å²) in [6.07, 6.45) is 25.2. The predicted octanol–water partition coefficient (Wildman–Crippen LogP) is 8.32. The average Bonchev–Trinajstić information content (AvgIpc) is 3.33. The third kappa shape index (κ3) is 12.6. The maximum absolute atomic E-state index is 12.4. The lowest BCUT2D eigenvalue weighted by Crippen LogP contribution is -2.28. The van der Waals surface area contributed by atoms with E-state index in [1.807, 2.05) is 20.8 Å². The molecule has 0 aliphatic heterocycles. The molecule has 0 aliphatic carbocycles. The Morgan fingerprint density at radius 1 is 0.824 bits per heavy atom. The first-order chi connectivity index (χ1) is 16.5. The number of ketones is 1. The smallest absolute Gasteiger partial charge is 0.246 e. The summed E-state index contributed by atoms with van der Waals surface area (Å²) in [6.45, 7) is 9.29. The minimum atomic E-state index is -0.0330. The van der Waals surface area contributed by atoms with Gasteiger partial charge in [0.05, 0.1) is 0 Å². The van der Waals surface area contributed by atoms with Crippen molar-refractivity contribution >= 4 is 17.3 Å².